The molecule has 7 nitrogen and oxygen atoms in total. The number of nitrogens with one attached hydrogen (secondary N) is 1. The molecule has 1 amide bonds. The fourth-order valence-electron chi connectivity index (χ4n) is 4.92. The normalized spacial score (nSPS) is 15.3. The third kappa shape index (κ3) is 5.57. The fourth-order valence-corrected chi connectivity index (χ4v) is 4.92. The highest BCUT2D eigenvalue weighted by atomic mass is 16.3. The van der Waals surface area contributed by atoms with Crippen LogP contribution in [0.5, 0.6) is 0 Å². The number of nitrogens with zero attached hydrogens (tertiary/aromatic N) is 4. The maximum Gasteiger partial charge on any atom is 0.278 e. The number of aromatic amines is 1. The van der Waals surface area contributed by atoms with Crippen LogP contribution in [0.4, 0.5) is 11.4 Å². The molecule has 1 aliphatic rings. The summed E-state index contributed by atoms with van der Waals surface area (Å²) in [6, 6.07) is 14.2. The number of anilines is 2. The highest BCUT2D eigenvalue weighted by Gasteiger charge is 2.27. The summed E-state index contributed by atoms with van der Waals surface area (Å²) in [5.41, 5.74) is 6.87. The van der Waals surface area contributed by atoms with Gasteiger partial charge in [0, 0.05) is 49.8 Å². The van der Waals surface area contributed by atoms with Crippen LogP contribution in [0, 0.1) is 34.6 Å². The van der Waals surface area contributed by atoms with Gasteiger partial charge in [0.1, 0.15) is 11.5 Å². The van der Waals surface area contributed by atoms with E-state index in [-0.39, 0.29) is 12.5 Å². The Hall–Kier alpha value is -3.16. The van der Waals surface area contributed by atoms with Crippen LogP contribution in [-0.2, 0) is 0 Å². The van der Waals surface area contributed by atoms with Crippen molar-refractivity contribution in [3.63, 3.8) is 0 Å². The average Bonchev–Trinajstić information content (AvgIpc) is 3.18. The number of hydrogen-bond donors (Lipinski definition) is 2. The summed E-state index contributed by atoms with van der Waals surface area (Å²) in [5, 5.41) is 11.1. The number of aliphatic hydroxyl groups excluding tert-OH is 1. The predicted octanol–water partition coefficient (Wildman–Crippen LogP) is 3.78. The number of para-hydroxylation sites is 1. The van der Waals surface area contributed by atoms with Crippen LogP contribution in [0.25, 0.3) is 0 Å². The molecular formula is C28H37N5O2. The molecule has 1 unspecified atom stereocenters. The van der Waals surface area contributed by atoms with Crippen LogP contribution < -0.4 is 9.80 Å². The molecule has 35 heavy (non-hydrogen) atoms. The monoisotopic (exact) mass is 475 g/mol. The molecule has 3 aromatic rings. The van der Waals surface area contributed by atoms with E-state index < -0.39 is 6.10 Å². The van der Waals surface area contributed by atoms with Gasteiger partial charge in [-0.05, 0) is 63.4 Å². The van der Waals surface area contributed by atoms with Crippen LogP contribution in [0.3, 0.4) is 0 Å². The van der Waals surface area contributed by atoms with Gasteiger partial charge in [0.25, 0.3) is 5.91 Å². The SMILES string of the molecule is Cc1nc(C(=O)N(CC(O)CN2CCN(c3cccc(C)c3C)CC2)c2ccccc2C)c(C)[nH]1. The molecule has 2 heterocycles. The van der Waals surface area contributed by atoms with E-state index >= 15 is 0 Å². The third-order valence-corrected chi connectivity index (χ3v) is 7.01. The Kier molecular flexibility index (Phi) is 7.57. The van der Waals surface area contributed by atoms with Gasteiger partial charge in [-0.2, -0.15) is 0 Å². The quantitative estimate of drug-likeness (QED) is 0.544. The number of aliphatic hydroxyl groups is 1. The number of H-pyrrole nitrogens is 1. The Balaban J connectivity index is 1.44. The Labute approximate surface area is 208 Å². The first-order valence-corrected chi connectivity index (χ1v) is 12.4. The van der Waals surface area contributed by atoms with E-state index in [1.54, 1.807) is 4.90 Å². The van der Waals surface area contributed by atoms with Crippen LogP contribution in [0.2, 0.25) is 0 Å². The zero-order valence-corrected chi connectivity index (χ0v) is 21.5. The molecule has 7 heteroatoms. The molecule has 1 atom stereocenters. The number of carbonyl (C=O) groups is 1. The first kappa shape index (κ1) is 24.9. The number of carbonyl (C=O) groups excluding carboxylic acids is 1. The Bertz CT molecular complexity index is 1180. The van der Waals surface area contributed by atoms with Gasteiger partial charge in [0.2, 0.25) is 0 Å². The van der Waals surface area contributed by atoms with E-state index in [4.69, 9.17) is 0 Å². The van der Waals surface area contributed by atoms with E-state index in [0.29, 0.717) is 18.1 Å². The van der Waals surface area contributed by atoms with E-state index in [2.05, 4.69) is 51.8 Å². The number of rotatable bonds is 7. The number of benzene rings is 2. The number of β-amino-alcohol motifs (C(OH)–C–C–N with tert-alkyl or cyclic N) is 1. The molecule has 0 aliphatic carbocycles. The van der Waals surface area contributed by atoms with Gasteiger partial charge >= 0.3 is 0 Å². The molecule has 4 rings (SSSR count). The highest BCUT2D eigenvalue weighted by molar-refractivity contribution is 6.06. The minimum Gasteiger partial charge on any atom is -0.390 e. The first-order chi connectivity index (χ1) is 16.7. The van der Waals surface area contributed by atoms with Crippen LogP contribution in [0.1, 0.15) is 38.7 Å². The van der Waals surface area contributed by atoms with Crippen LogP contribution in [0.15, 0.2) is 42.5 Å². The van der Waals surface area contributed by atoms with E-state index in [0.717, 1.165) is 43.1 Å². The fraction of sp³-hybridized carbons (Fsp3) is 0.429. The topological polar surface area (TPSA) is 75.7 Å². The number of piperazine rings is 1. The number of imidazole rings is 1. The Morgan fingerprint density at radius 1 is 1.00 bits per heavy atom. The van der Waals surface area contributed by atoms with E-state index in [9.17, 15) is 9.90 Å². The van der Waals surface area contributed by atoms with Gasteiger partial charge < -0.3 is 19.9 Å². The van der Waals surface area contributed by atoms with E-state index in [1.807, 2.05) is 45.0 Å². The van der Waals surface area contributed by atoms with Crippen molar-refractivity contribution in [1.82, 2.24) is 14.9 Å². The molecule has 0 spiro atoms. The smallest absolute Gasteiger partial charge is 0.278 e. The molecule has 1 saturated heterocycles. The zero-order chi connectivity index (χ0) is 25.1. The number of amides is 1. The summed E-state index contributed by atoms with van der Waals surface area (Å²) in [6.45, 7) is 14.3. The van der Waals surface area contributed by atoms with Crippen molar-refractivity contribution in [2.24, 2.45) is 0 Å². The van der Waals surface area contributed by atoms with E-state index in [1.165, 1.54) is 16.8 Å². The van der Waals surface area contributed by atoms with Crippen LogP contribution in [-0.4, -0.2) is 71.3 Å². The summed E-state index contributed by atoms with van der Waals surface area (Å²) in [4.78, 5) is 27.5. The van der Waals surface area contributed by atoms with Crippen molar-refractivity contribution >= 4 is 17.3 Å². The average molecular weight is 476 g/mol. The van der Waals surface area contributed by atoms with Gasteiger partial charge in [-0.15, -0.1) is 0 Å². The lowest BCUT2D eigenvalue weighted by molar-refractivity contribution is 0.0907. The maximum atomic E-state index is 13.5. The highest BCUT2D eigenvalue weighted by Crippen LogP contribution is 2.25. The van der Waals surface area contributed by atoms with Crippen molar-refractivity contribution in [1.29, 1.82) is 0 Å². The van der Waals surface area contributed by atoms with Crippen molar-refractivity contribution < 1.29 is 9.90 Å². The zero-order valence-electron chi connectivity index (χ0n) is 21.5. The molecule has 2 N–H and O–H groups in total. The number of aromatic nitrogens is 2. The molecule has 0 saturated carbocycles. The van der Waals surface area contributed by atoms with Gasteiger partial charge in [0.05, 0.1) is 12.6 Å². The third-order valence-electron chi connectivity index (χ3n) is 7.01. The summed E-state index contributed by atoms with van der Waals surface area (Å²) >= 11 is 0. The van der Waals surface area contributed by atoms with Crippen LogP contribution >= 0.6 is 0 Å². The second-order valence-electron chi connectivity index (χ2n) is 9.66. The lowest BCUT2D eigenvalue weighted by Gasteiger charge is -2.38. The largest absolute Gasteiger partial charge is 0.390 e. The lowest BCUT2D eigenvalue weighted by atomic mass is 10.1. The first-order valence-electron chi connectivity index (χ1n) is 12.4. The lowest BCUT2D eigenvalue weighted by Crippen LogP contribution is -2.50. The summed E-state index contributed by atoms with van der Waals surface area (Å²) in [6.07, 6.45) is -0.675. The van der Waals surface area contributed by atoms with Gasteiger partial charge in [0.15, 0.2) is 0 Å². The molecule has 0 radical (unpaired) electrons. The molecular weight excluding hydrogens is 438 g/mol. The second kappa shape index (κ2) is 10.6. The summed E-state index contributed by atoms with van der Waals surface area (Å²) < 4.78 is 0. The molecule has 2 aromatic carbocycles. The molecule has 1 aliphatic heterocycles. The predicted molar refractivity (Wildman–Crippen MR) is 141 cm³/mol. The number of hydrogen-bond acceptors (Lipinski definition) is 5. The van der Waals surface area contributed by atoms with Gasteiger partial charge in [-0.1, -0.05) is 30.3 Å². The summed E-state index contributed by atoms with van der Waals surface area (Å²) in [5.74, 6) is 0.512. The standard InChI is InChI=1S/C28H37N5O2/c1-19-10-8-12-26(21(19)3)32-15-13-31(14-16-32)17-24(34)18-33(25-11-7-6-9-20(25)2)28(35)27-22(4)29-23(5)30-27/h6-12,24,34H,13-18H2,1-5H3,(H,29,30). The minimum atomic E-state index is -0.675. The Morgan fingerprint density at radius 3 is 2.34 bits per heavy atom. The Morgan fingerprint density at radius 2 is 1.69 bits per heavy atom. The van der Waals surface area contributed by atoms with Gasteiger partial charge in [-0.3, -0.25) is 9.69 Å². The minimum absolute atomic E-state index is 0.194. The van der Waals surface area contributed by atoms with Crippen molar-refractivity contribution in [3.8, 4) is 0 Å². The van der Waals surface area contributed by atoms with Crippen molar-refractivity contribution in [2.45, 2.75) is 40.7 Å². The molecule has 1 fully saturated rings. The van der Waals surface area contributed by atoms with Crippen molar-refractivity contribution in [3.05, 3.63) is 76.4 Å². The maximum absolute atomic E-state index is 13.5. The summed E-state index contributed by atoms with van der Waals surface area (Å²) in [7, 11) is 0. The molecule has 0 bridgehead atoms. The molecule has 186 valence electrons. The van der Waals surface area contributed by atoms with Crippen molar-refractivity contribution in [2.75, 3.05) is 49.1 Å². The molecule has 1 aromatic heterocycles. The number of aryl methyl sites for hydroxylation is 4. The second-order valence-corrected chi connectivity index (χ2v) is 9.66. The van der Waals surface area contributed by atoms with Gasteiger partial charge in [-0.25, -0.2) is 4.98 Å².